The Morgan fingerprint density at radius 2 is 2.00 bits per heavy atom. The van der Waals surface area contributed by atoms with Crippen LogP contribution < -0.4 is 0 Å². The molecule has 1 rings (SSSR count). The Labute approximate surface area is 74.7 Å². The fourth-order valence-corrected chi connectivity index (χ4v) is 1.16. The lowest BCUT2D eigenvalue weighted by Crippen LogP contribution is -2.09. The lowest BCUT2D eigenvalue weighted by Gasteiger charge is -2.22. The zero-order valence-electron chi connectivity index (χ0n) is 8.39. The summed E-state index contributed by atoms with van der Waals surface area (Å²) in [5.74, 6) is 0. The molecule has 0 aromatic carbocycles. The molecule has 1 heteroatoms. The van der Waals surface area contributed by atoms with E-state index in [1.807, 2.05) is 19.3 Å². The number of hydrogen-bond acceptors (Lipinski definition) is 0. The van der Waals surface area contributed by atoms with Crippen molar-refractivity contribution in [2.75, 3.05) is 0 Å². The molecule has 0 saturated heterocycles. The SMILES string of the molecule is C=C(c1cccn1C)C(C)(C)C. The van der Waals surface area contributed by atoms with Gasteiger partial charge in [-0.1, -0.05) is 27.4 Å². The third-order valence-corrected chi connectivity index (χ3v) is 2.16. The number of aromatic nitrogens is 1. The van der Waals surface area contributed by atoms with Crippen LogP contribution in [0.3, 0.4) is 0 Å². The lowest BCUT2D eigenvalue weighted by atomic mass is 9.86. The van der Waals surface area contributed by atoms with E-state index >= 15 is 0 Å². The summed E-state index contributed by atoms with van der Waals surface area (Å²) < 4.78 is 2.10. The highest BCUT2D eigenvalue weighted by atomic mass is 14.9. The van der Waals surface area contributed by atoms with Gasteiger partial charge in [-0.25, -0.2) is 0 Å². The average Bonchev–Trinajstić information content (AvgIpc) is 2.31. The van der Waals surface area contributed by atoms with Crippen molar-refractivity contribution in [1.82, 2.24) is 4.57 Å². The molecule has 0 saturated carbocycles. The molecule has 1 heterocycles. The first kappa shape index (κ1) is 9.11. The monoisotopic (exact) mass is 163 g/mol. The highest BCUT2D eigenvalue weighted by molar-refractivity contribution is 5.64. The summed E-state index contributed by atoms with van der Waals surface area (Å²) in [7, 11) is 2.05. The Balaban J connectivity index is 3.01. The van der Waals surface area contributed by atoms with Crippen LogP contribution in [0.4, 0.5) is 0 Å². The van der Waals surface area contributed by atoms with Gasteiger partial charge < -0.3 is 4.57 Å². The number of aryl methyl sites for hydroxylation is 1. The quantitative estimate of drug-likeness (QED) is 0.599. The van der Waals surface area contributed by atoms with Crippen LogP contribution in [0.2, 0.25) is 0 Å². The van der Waals surface area contributed by atoms with Crippen LogP contribution >= 0.6 is 0 Å². The van der Waals surface area contributed by atoms with Crippen LogP contribution in [0.1, 0.15) is 26.5 Å². The minimum atomic E-state index is 0.159. The van der Waals surface area contributed by atoms with Crippen molar-refractivity contribution in [3.05, 3.63) is 30.6 Å². The molecule has 0 amide bonds. The van der Waals surface area contributed by atoms with E-state index in [9.17, 15) is 0 Å². The minimum Gasteiger partial charge on any atom is -0.351 e. The van der Waals surface area contributed by atoms with E-state index in [1.54, 1.807) is 0 Å². The van der Waals surface area contributed by atoms with Crippen molar-refractivity contribution < 1.29 is 0 Å². The zero-order valence-corrected chi connectivity index (χ0v) is 8.39. The maximum atomic E-state index is 4.11. The summed E-state index contributed by atoms with van der Waals surface area (Å²) in [4.78, 5) is 0. The van der Waals surface area contributed by atoms with Gasteiger partial charge in [0.1, 0.15) is 0 Å². The molecule has 1 nitrogen and oxygen atoms in total. The molecule has 66 valence electrons. The molecule has 1 aromatic heterocycles. The van der Waals surface area contributed by atoms with E-state index in [-0.39, 0.29) is 5.41 Å². The second-order valence-electron chi connectivity index (χ2n) is 4.23. The summed E-state index contributed by atoms with van der Waals surface area (Å²) >= 11 is 0. The van der Waals surface area contributed by atoms with Crippen molar-refractivity contribution in [2.24, 2.45) is 12.5 Å². The predicted octanol–water partition coefficient (Wildman–Crippen LogP) is 3.08. The summed E-state index contributed by atoms with van der Waals surface area (Å²) in [5.41, 5.74) is 2.57. The molecule has 0 fully saturated rings. The van der Waals surface area contributed by atoms with Crippen LogP contribution in [-0.2, 0) is 7.05 Å². The molecule has 0 N–H and O–H groups in total. The standard InChI is InChI=1S/C11H17N/c1-9(11(2,3)4)10-7-6-8-12(10)5/h6-8H,1H2,2-5H3. The first-order chi connectivity index (χ1) is 5.43. The van der Waals surface area contributed by atoms with Crippen molar-refractivity contribution in [2.45, 2.75) is 20.8 Å². The first-order valence-electron chi connectivity index (χ1n) is 4.24. The second kappa shape index (κ2) is 2.81. The van der Waals surface area contributed by atoms with Gasteiger partial charge in [0.2, 0.25) is 0 Å². The van der Waals surface area contributed by atoms with Gasteiger partial charge in [-0.2, -0.15) is 0 Å². The van der Waals surface area contributed by atoms with Crippen LogP contribution in [0.5, 0.6) is 0 Å². The van der Waals surface area contributed by atoms with Gasteiger partial charge in [-0.3, -0.25) is 0 Å². The molecule has 0 spiro atoms. The Hall–Kier alpha value is -0.980. The predicted molar refractivity (Wildman–Crippen MR) is 53.9 cm³/mol. The van der Waals surface area contributed by atoms with E-state index < -0.39 is 0 Å². The van der Waals surface area contributed by atoms with Crippen molar-refractivity contribution in [1.29, 1.82) is 0 Å². The van der Waals surface area contributed by atoms with Gasteiger partial charge in [0.05, 0.1) is 0 Å². The Kier molecular flexibility index (Phi) is 2.14. The van der Waals surface area contributed by atoms with Crippen LogP contribution in [0, 0.1) is 5.41 Å². The topological polar surface area (TPSA) is 4.93 Å². The van der Waals surface area contributed by atoms with Gasteiger partial charge >= 0.3 is 0 Å². The summed E-state index contributed by atoms with van der Waals surface area (Å²) in [6, 6.07) is 4.15. The average molecular weight is 163 g/mol. The Morgan fingerprint density at radius 1 is 1.42 bits per heavy atom. The molecular weight excluding hydrogens is 146 g/mol. The van der Waals surface area contributed by atoms with Crippen LogP contribution in [0.15, 0.2) is 24.9 Å². The maximum absolute atomic E-state index is 4.11. The van der Waals surface area contributed by atoms with Crippen LogP contribution in [0.25, 0.3) is 5.57 Å². The van der Waals surface area contributed by atoms with E-state index in [0.29, 0.717) is 0 Å². The molecule has 0 radical (unpaired) electrons. The van der Waals surface area contributed by atoms with E-state index in [1.165, 1.54) is 11.3 Å². The smallest absolute Gasteiger partial charge is 0.0435 e. The Bertz CT molecular complexity index is 286. The summed E-state index contributed by atoms with van der Waals surface area (Å²) in [5, 5.41) is 0. The lowest BCUT2D eigenvalue weighted by molar-refractivity contribution is 0.562. The number of nitrogens with zero attached hydrogens (tertiary/aromatic N) is 1. The van der Waals surface area contributed by atoms with Crippen molar-refractivity contribution in [3.63, 3.8) is 0 Å². The van der Waals surface area contributed by atoms with Gasteiger partial charge in [-0.15, -0.1) is 0 Å². The molecule has 0 bridgehead atoms. The first-order valence-corrected chi connectivity index (χ1v) is 4.24. The zero-order chi connectivity index (χ0) is 9.35. The highest BCUT2D eigenvalue weighted by Gasteiger charge is 2.17. The maximum Gasteiger partial charge on any atom is 0.0435 e. The Morgan fingerprint density at radius 3 is 2.33 bits per heavy atom. The fourth-order valence-electron chi connectivity index (χ4n) is 1.16. The molecule has 0 atom stereocenters. The van der Waals surface area contributed by atoms with E-state index in [0.717, 1.165) is 0 Å². The molecule has 0 aliphatic heterocycles. The molecule has 0 aliphatic carbocycles. The second-order valence-corrected chi connectivity index (χ2v) is 4.23. The number of rotatable bonds is 1. The van der Waals surface area contributed by atoms with Gasteiger partial charge in [0, 0.05) is 18.9 Å². The minimum absolute atomic E-state index is 0.159. The van der Waals surface area contributed by atoms with Gasteiger partial charge in [0.15, 0.2) is 0 Å². The molecular formula is C11H17N. The number of allylic oxidation sites excluding steroid dienone is 1. The summed E-state index contributed by atoms with van der Waals surface area (Å²) in [6.45, 7) is 10.7. The molecule has 0 aliphatic rings. The largest absolute Gasteiger partial charge is 0.351 e. The molecule has 0 unspecified atom stereocenters. The van der Waals surface area contributed by atoms with Crippen molar-refractivity contribution >= 4 is 5.57 Å². The number of hydrogen-bond donors (Lipinski definition) is 0. The molecule has 1 aromatic rings. The third-order valence-electron chi connectivity index (χ3n) is 2.16. The fraction of sp³-hybridized carbons (Fsp3) is 0.455. The molecule has 12 heavy (non-hydrogen) atoms. The van der Waals surface area contributed by atoms with Gasteiger partial charge in [0.25, 0.3) is 0 Å². The van der Waals surface area contributed by atoms with Crippen molar-refractivity contribution in [3.8, 4) is 0 Å². The third kappa shape index (κ3) is 1.60. The summed E-state index contributed by atoms with van der Waals surface area (Å²) in [6.07, 6.45) is 2.05. The van der Waals surface area contributed by atoms with E-state index in [4.69, 9.17) is 0 Å². The van der Waals surface area contributed by atoms with Gasteiger partial charge in [-0.05, 0) is 23.1 Å². The van der Waals surface area contributed by atoms with Crippen LogP contribution in [-0.4, -0.2) is 4.57 Å². The highest BCUT2D eigenvalue weighted by Crippen LogP contribution is 2.31. The normalized spacial score (nSPS) is 11.7. The van der Waals surface area contributed by atoms with E-state index in [2.05, 4.69) is 38.0 Å².